The molecule has 1 aromatic heterocycles. The lowest BCUT2D eigenvalue weighted by atomic mass is 10.4. The molecule has 20 heavy (non-hydrogen) atoms. The van der Waals surface area contributed by atoms with E-state index in [0.717, 1.165) is 19.1 Å². The Bertz CT molecular complexity index is 384. The minimum absolute atomic E-state index is 0. The molecule has 0 atom stereocenters. The van der Waals surface area contributed by atoms with Crippen molar-refractivity contribution in [3.8, 4) is 0 Å². The van der Waals surface area contributed by atoms with Crippen LogP contribution in [0.1, 0.15) is 25.6 Å². The van der Waals surface area contributed by atoms with Crippen LogP contribution in [0.25, 0.3) is 0 Å². The smallest absolute Gasteiger partial charge is 0.228 e. The maximum Gasteiger partial charge on any atom is 0.228 e. The maximum atomic E-state index is 5.24. The zero-order valence-electron chi connectivity index (χ0n) is 12.3. The molecule has 0 saturated carbocycles. The summed E-state index contributed by atoms with van der Waals surface area (Å²) in [7, 11) is 0. The van der Waals surface area contributed by atoms with E-state index >= 15 is 0 Å². The van der Waals surface area contributed by atoms with Crippen LogP contribution in [-0.4, -0.2) is 48.9 Å². The molecule has 0 bridgehead atoms. The summed E-state index contributed by atoms with van der Waals surface area (Å²) in [4.78, 5) is 8.53. The van der Waals surface area contributed by atoms with Crippen LogP contribution in [0.5, 0.6) is 0 Å². The van der Waals surface area contributed by atoms with E-state index in [9.17, 15) is 0 Å². The van der Waals surface area contributed by atoms with E-state index in [0.29, 0.717) is 37.8 Å². The highest BCUT2D eigenvalue weighted by Gasteiger charge is 2.03. The van der Waals surface area contributed by atoms with Crippen molar-refractivity contribution in [3.05, 3.63) is 11.7 Å². The number of nitrogens with one attached hydrogen (secondary N) is 2. The van der Waals surface area contributed by atoms with Gasteiger partial charge in [-0.15, -0.1) is 24.0 Å². The second kappa shape index (κ2) is 11.9. The van der Waals surface area contributed by atoms with Gasteiger partial charge in [0.15, 0.2) is 11.8 Å². The topological polar surface area (TPSA) is 84.6 Å². The largest absolute Gasteiger partial charge is 0.380 e. The molecule has 0 radical (unpaired) electrons. The van der Waals surface area contributed by atoms with Crippen molar-refractivity contribution in [2.75, 3.05) is 32.8 Å². The van der Waals surface area contributed by atoms with Crippen LogP contribution in [0.4, 0.5) is 0 Å². The molecular weight excluding hydrogens is 373 g/mol. The van der Waals surface area contributed by atoms with E-state index in [1.54, 1.807) is 6.92 Å². The number of halogens is 1. The van der Waals surface area contributed by atoms with Crippen molar-refractivity contribution < 1.29 is 9.26 Å². The van der Waals surface area contributed by atoms with Crippen LogP contribution in [0, 0.1) is 6.92 Å². The van der Waals surface area contributed by atoms with E-state index in [2.05, 4.69) is 25.8 Å². The van der Waals surface area contributed by atoms with Crippen molar-refractivity contribution in [1.82, 2.24) is 20.8 Å². The predicted molar refractivity (Wildman–Crippen MR) is 88.6 cm³/mol. The first-order valence-corrected chi connectivity index (χ1v) is 6.65. The van der Waals surface area contributed by atoms with E-state index in [1.165, 1.54) is 0 Å². The lowest BCUT2D eigenvalue weighted by Crippen LogP contribution is -2.38. The van der Waals surface area contributed by atoms with E-state index in [-0.39, 0.29) is 24.0 Å². The third-order valence-corrected chi connectivity index (χ3v) is 2.25. The van der Waals surface area contributed by atoms with E-state index in [4.69, 9.17) is 9.26 Å². The second-order valence-corrected chi connectivity index (χ2v) is 3.87. The average Bonchev–Trinajstić information content (AvgIpc) is 2.80. The van der Waals surface area contributed by atoms with Gasteiger partial charge >= 0.3 is 0 Å². The van der Waals surface area contributed by atoms with E-state index < -0.39 is 0 Å². The van der Waals surface area contributed by atoms with Gasteiger partial charge in [-0.3, -0.25) is 4.99 Å². The first-order valence-electron chi connectivity index (χ1n) is 6.65. The molecule has 116 valence electrons. The van der Waals surface area contributed by atoms with Gasteiger partial charge < -0.3 is 19.9 Å². The van der Waals surface area contributed by atoms with Gasteiger partial charge in [0, 0.05) is 26.1 Å². The van der Waals surface area contributed by atoms with Gasteiger partial charge in [0.25, 0.3) is 0 Å². The average molecular weight is 397 g/mol. The highest BCUT2D eigenvalue weighted by molar-refractivity contribution is 14.0. The summed E-state index contributed by atoms with van der Waals surface area (Å²) < 4.78 is 10.3. The Labute approximate surface area is 137 Å². The normalized spacial score (nSPS) is 11.1. The first kappa shape index (κ1) is 19.1. The Hall–Kier alpha value is -0.900. The van der Waals surface area contributed by atoms with Gasteiger partial charge in [-0.05, 0) is 20.8 Å². The third kappa shape index (κ3) is 8.31. The molecule has 0 fully saturated rings. The number of nitrogens with zero attached hydrogens (tertiary/aromatic N) is 3. The quantitative estimate of drug-likeness (QED) is 0.296. The van der Waals surface area contributed by atoms with Crippen molar-refractivity contribution in [3.63, 3.8) is 0 Å². The van der Waals surface area contributed by atoms with Crippen molar-refractivity contribution in [1.29, 1.82) is 0 Å². The zero-order chi connectivity index (χ0) is 13.9. The minimum atomic E-state index is 0. The summed E-state index contributed by atoms with van der Waals surface area (Å²) in [5.74, 6) is 2.07. The highest BCUT2D eigenvalue weighted by atomic mass is 127. The Morgan fingerprint density at radius 3 is 2.75 bits per heavy atom. The molecule has 0 saturated heterocycles. The summed E-state index contributed by atoms with van der Waals surface area (Å²) >= 11 is 0. The van der Waals surface area contributed by atoms with Gasteiger partial charge in [0.1, 0.15) is 0 Å². The molecule has 0 spiro atoms. The highest BCUT2D eigenvalue weighted by Crippen LogP contribution is 1.95. The molecule has 7 nitrogen and oxygen atoms in total. The van der Waals surface area contributed by atoms with Gasteiger partial charge in [-0.25, -0.2) is 0 Å². The molecular formula is C12H24IN5O2. The number of rotatable bonds is 8. The zero-order valence-corrected chi connectivity index (χ0v) is 14.6. The van der Waals surface area contributed by atoms with Gasteiger partial charge in [0.05, 0.1) is 13.2 Å². The maximum absolute atomic E-state index is 5.24. The first-order chi connectivity index (χ1) is 9.26. The standard InChI is InChI=1S/C12H23N5O2.HI/c1-4-13-12(15-8-9-18-5-2)14-7-6-11-16-10(3)17-19-11;/h4-9H2,1-3H3,(H2,13,14,15);1H. The molecule has 2 N–H and O–H groups in total. The van der Waals surface area contributed by atoms with E-state index in [1.807, 2.05) is 13.8 Å². The molecule has 1 heterocycles. The number of aliphatic imine (C=N–C) groups is 1. The van der Waals surface area contributed by atoms with Gasteiger partial charge in [0.2, 0.25) is 5.89 Å². The Kier molecular flexibility index (Phi) is 11.4. The molecule has 0 aromatic carbocycles. The van der Waals surface area contributed by atoms with Crippen molar-refractivity contribution in [2.45, 2.75) is 27.2 Å². The predicted octanol–water partition coefficient (Wildman–Crippen LogP) is 1.13. The summed E-state index contributed by atoms with van der Waals surface area (Å²) in [6, 6.07) is 0. The lowest BCUT2D eigenvalue weighted by molar-refractivity contribution is 0.155. The van der Waals surface area contributed by atoms with Crippen molar-refractivity contribution >= 4 is 29.9 Å². The summed E-state index contributed by atoms with van der Waals surface area (Å²) in [6.45, 7) is 9.32. The second-order valence-electron chi connectivity index (χ2n) is 3.87. The molecule has 0 aliphatic rings. The van der Waals surface area contributed by atoms with Gasteiger partial charge in [-0.1, -0.05) is 5.16 Å². The summed E-state index contributed by atoms with van der Waals surface area (Å²) in [5.41, 5.74) is 0. The fourth-order valence-corrected chi connectivity index (χ4v) is 1.44. The van der Waals surface area contributed by atoms with Crippen molar-refractivity contribution in [2.24, 2.45) is 4.99 Å². The van der Waals surface area contributed by atoms with Gasteiger partial charge in [-0.2, -0.15) is 4.98 Å². The fourth-order valence-electron chi connectivity index (χ4n) is 1.44. The molecule has 1 aromatic rings. The number of ether oxygens (including phenoxy) is 1. The van der Waals surface area contributed by atoms with Crippen LogP contribution >= 0.6 is 24.0 Å². The van der Waals surface area contributed by atoms with Crippen LogP contribution in [0.2, 0.25) is 0 Å². The lowest BCUT2D eigenvalue weighted by Gasteiger charge is -2.10. The molecule has 0 unspecified atom stereocenters. The number of aryl methyl sites for hydroxylation is 1. The number of guanidine groups is 1. The number of hydrogen-bond acceptors (Lipinski definition) is 5. The Morgan fingerprint density at radius 2 is 2.15 bits per heavy atom. The SMILES string of the molecule is CCNC(=NCCOCC)NCCc1nc(C)no1.I. The number of aromatic nitrogens is 2. The molecule has 8 heteroatoms. The fraction of sp³-hybridized carbons (Fsp3) is 0.750. The Balaban J connectivity index is 0.00000361. The van der Waals surface area contributed by atoms with Crippen LogP contribution in [0.15, 0.2) is 9.52 Å². The summed E-state index contributed by atoms with van der Waals surface area (Å²) in [6.07, 6.45) is 0.677. The minimum Gasteiger partial charge on any atom is -0.380 e. The van der Waals surface area contributed by atoms with Crippen LogP contribution < -0.4 is 10.6 Å². The molecule has 1 rings (SSSR count). The molecule has 0 aliphatic heterocycles. The molecule has 0 aliphatic carbocycles. The monoisotopic (exact) mass is 397 g/mol. The van der Waals surface area contributed by atoms with Crippen LogP contribution in [0.3, 0.4) is 0 Å². The van der Waals surface area contributed by atoms with Crippen LogP contribution in [-0.2, 0) is 11.2 Å². The molecule has 0 amide bonds. The Morgan fingerprint density at radius 1 is 1.35 bits per heavy atom. The summed E-state index contributed by atoms with van der Waals surface area (Å²) in [5, 5.41) is 10.1. The number of hydrogen-bond donors (Lipinski definition) is 2. The third-order valence-electron chi connectivity index (χ3n) is 2.25.